The van der Waals surface area contributed by atoms with E-state index in [1.54, 1.807) is 28.3 Å². The summed E-state index contributed by atoms with van der Waals surface area (Å²) >= 11 is 1.55. The van der Waals surface area contributed by atoms with Crippen molar-refractivity contribution >= 4 is 29.4 Å². The number of amides is 1. The molecule has 1 saturated heterocycles. The molecule has 1 N–H and O–H groups in total. The number of carbonyl (C=O) groups excluding carboxylic acids is 2. The van der Waals surface area contributed by atoms with Gasteiger partial charge < -0.3 is 19.7 Å². The Bertz CT molecular complexity index is 1300. The number of ketones is 1. The van der Waals surface area contributed by atoms with E-state index in [1.165, 1.54) is 5.56 Å². The fourth-order valence-electron chi connectivity index (χ4n) is 4.47. The van der Waals surface area contributed by atoms with Gasteiger partial charge in [-0.1, -0.05) is 54.2 Å². The monoisotopic (exact) mass is 519 g/mol. The number of fused-ring (bicyclic) bond motifs is 1. The fraction of sp³-hybridized carbons (Fsp3) is 0.333. The molecule has 0 radical (unpaired) electrons. The lowest BCUT2D eigenvalue weighted by Gasteiger charge is -2.28. The number of nitrogens with one attached hydrogen (secondary N) is 1. The standard InChI is InChI=1S/C27H29N5O4S/c1-18-24(19(2)33)25(32-26(28-18)29-27(30-32)37-17-20-6-4-3-5-7-20)21-8-10-22(11-9-21)36-16-23(34)31-12-14-35-15-13-31/h3-11,25H,12-17H2,1-2H3,(H,28,29,30). The summed E-state index contributed by atoms with van der Waals surface area (Å²) in [5, 5.41) is 8.63. The van der Waals surface area contributed by atoms with Gasteiger partial charge in [0, 0.05) is 30.1 Å². The molecule has 0 aliphatic carbocycles. The number of hydrogen-bond acceptors (Lipinski definition) is 8. The number of anilines is 1. The Morgan fingerprint density at radius 3 is 2.54 bits per heavy atom. The molecule has 2 aromatic carbocycles. The number of ether oxygens (including phenoxy) is 2. The Hall–Kier alpha value is -3.63. The predicted molar refractivity (Wildman–Crippen MR) is 141 cm³/mol. The molecule has 1 aromatic heterocycles. The Labute approximate surface area is 219 Å². The lowest BCUT2D eigenvalue weighted by Crippen LogP contribution is -2.42. The summed E-state index contributed by atoms with van der Waals surface area (Å²) in [7, 11) is 0. The topological polar surface area (TPSA) is 98.6 Å². The van der Waals surface area contributed by atoms with Crippen LogP contribution in [0.15, 0.2) is 71.0 Å². The summed E-state index contributed by atoms with van der Waals surface area (Å²) in [4.78, 5) is 31.5. The van der Waals surface area contributed by atoms with Crippen LogP contribution in [0, 0.1) is 0 Å². The SMILES string of the molecule is CC(=O)C1=C(C)Nc2nc(SCc3ccccc3)nn2C1c1ccc(OCC(=O)N2CCOCC2)cc1. The predicted octanol–water partition coefficient (Wildman–Crippen LogP) is 3.69. The summed E-state index contributed by atoms with van der Waals surface area (Å²) in [5.74, 6) is 1.83. The highest BCUT2D eigenvalue weighted by Crippen LogP contribution is 2.37. The number of nitrogens with zero attached hydrogens (tertiary/aromatic N) is 4. The normalized spacial score (nSPS) is 17.2. The summed E-state index contributed by atoms with van der Waals surface area (Å²) in [6.45, 7) is 5.70. The van der Waals surface area contributed by atoms with Gasteiger partial charge in [0.05, 0.1) is 13.2 Å². The molecule has 2 aliphatic heterocycles. The molecule has 0 saturated carbocycles. The summed E-state index contributed by atoms with van der Waals surface area (Å²) < 4.78 is 12.8. The maximum Gasteiger partial charge on any atom is 0.260 e. The van der Waals surface area contributed by atoms with E-state index >= 15 is 0 Å². The van der Waals surface area contributed by atoms with Crippen LogP contribution in [0.25, 0.3) is 0 Å². The van der Waals surface area contributed by atoms with Crippen LogP contribution in [-0.2, 0) is 20.1 Å². The Kier molecular flexibility index (Phi) is 7.57. The molecule has 2 aliphatic rings. The van der Waals surface area contributed by atoms with Crippen LogP contribution in [-0.4, -0.2) is 64.3 Å². The van der Waals surface area contributed by atoms with Gasteiger partial charge in [0.2, 0.25) is 11.1 Å². The van der Waals surface area contributed by atoms with Crippen LogP contribution in [0.1, 0.15) is 31.0 Å². The van der Waals surface area contributed by atoms with Crippen molar-refractivity contribution in [3.05, 3.63) is 77.0 Å². The number of thioether (sulfide) groups is 1. The third kappa shape index (κ3) is 5.70. The summed E-state index contributed by atoms with van der Waals surface area (Å²) in [6, 6.07) is 17.2. The highest BCUT2D eigenvalue weighted by Gasteiger charge is 2.32. The molecule has 1 amide bonds. The average molecular weight is 520 g/mol. The first kappa shape index (κ1) is 25.0. The number of aromatic nitrogens is 3. The van der Waals surface area contributed by atoms with Gasteiger partial charge in [-0.15, -0.1) is 5.10 Å². The van der Waals surface area contributed by atoms with Crippen molar-refractivity contribution in [1.82, 2.24) is 19.7 Å². The van der Waals surface area contributed by atoms with Gasteiger partial charge in [-0.25, -0.2) is 4.68 Å². The first-order chi connectivity index (χ1) is 18.0. The van der Waals surface area contributed by atoms with Crippen molar-refractivity contribution in [2.75, 3.05) is 38.2 Å². The third-order valence-corrected chi connectivity index (χ3v) is 7.25. The van der Waals surface area contributed by atoms with E-state index in [1.807, 2.05) is 49.4 Å². The number of rotatable bonds is 8. The van der Waals surface area contributed by atoms with Gasteiger partial charge in [-0.3, -0.25) is 9.59 Å². The minimum absolute atomic E-state index is 0.0282. The number of Topliss-reactive ketones (excluding diaryl/α,β-unsaturated/α-hetero) is 1. The first-order valence-corrected chi connectivity index (χ1v) is 13.2. The zero-order valence-corrected chi connectivity index (χ0v) is 21.7. The molecule has 5 rings (SSSR count). The molecular formula is C27H29N5O4S. The van der Waals surface area contributed by atoms with Crippen molar-refractivity contribution in [2.45, 2.75) is 30.8 Å². The summed E-state index contributed by atoms with van der Waals surface area (Å²) in [5.41, 5.74) is 3.46. The van der Waals surface area contributed by atoms with Gasteiger partial charge >= 0.3 is 0 Å². The van der Waals surface area contributed by atoms with Crippen LogP contribution in [0.5, 0.6) is 5.75 Å². The van der Waals surface area contributed by atoms with Gasteiger partial charge in [0.1, 0.15) is 11.8 Å². The molecule has 9 nitrogen and oxygen atoms in total. The zero-order valence-electron chi connectivity index (χ0n) is 20.8. The average Bonchev–Trinajstić information content (AvgIpc) is 3.33. The van der Waals surface area contributed by atoms with Crippen LogP contribution in [0.3, 0.4) is 0 Å². The molecule has 0 spiro atoms. The maximum atomic E-state index is 12.7. The van der Waals surface area contributed by atoms with Crippen molar-refractivity contribution in [1.29, 1.82) is 0 Å². The van der Waals surface area contributed by atoms with Gasteiger partial charge in [-0.05, 0) is 37.1 Å². The van der Waals surface area contributed by atoms with E-state index in [4.69, 9.17) is 14.6 Å². The van der Waals surface area contributed by atoms with Crippen molar-refractivity contribution < 1.29 is 19.1 Å². The minimum atomic E-state index is -0.420. The van der Waals surface area contributed by atoms with Crippen molar-refractivity contribution in [3.8, 4) is 5.75 Å². The second kappa shape index (κ2) is 11.2. The lowest BCUT2D eigenvalue weighted by atomic mass is 9.93. The number of allylic oxidation sites excluding steroid dienone is 2. The molecule has 1 unspecified atom stereocenters. The minimum Gasteiger partial charge on any atom is -0.484 e. The maximum absolute atomic E-state index is 12.7. The largest absolute Gasteiger partial charge is 0.484 e. The van der Waals surface area contributed by atoms with E-state index < -0.39 is 6.04 Å². The van der Waals surface area contributed by atoms with Gasteiger partial charge in [-0.2, -0.15) is 4.98 Å². The fourth-order valence-corrected chi connectivity index (χ4v) is 5.26. The molecule has 192 valence electrons. The van der Waals surface area contributed by atoms with E-state index in [-0.39, 0.29) is 18.3 Å². The molecule has 3 heterocycles. The number of hydrogen-bond donors (Lipinski definition) is 1. The van der Waals surface area contributed by atoms with E-state index in [0.29, 0.717) is 48.7 Å². The molecule has 1 fully saturated rings. The number of benzene rings is 2. The van der Waals surface area contributed by atoms with Crippen molar-refractivity contribution in [3.63, 3.8) is 0 Å². The lowest BCUT2D eigenvalue weighted by molar-refractivity contribution is -0.137. The molecule has 37 heavy (non-hydrogen) atoms. The number of carbonyl (C=O) groups is 2. The Morgan fingerprint density at radius 2 is 1.84 bits per heavy atom. The zero-order chi connectivity index (χ0) is 25.8. The second-order valence-corrected chi connectivity index (χ2v) is 9.85. The molecular weight excluding hydrogens is 490 g/mol. The molecule has 10 heteroatoms. The van der Waals surface area contributed by atoms with Crippen LogP contribution in [0.4, 0.5) is 5.95 Å². The van der Waals surface area contributed by atoms with E-state index in [9.17, 15) is 9.59 Å². The van der Waals surface area contributed by atoms with Crippen LogP contribution < -0.4 is 10.1 Å². The van der Waals surface area contributed by atoms with Crippen molar-refractivity contribution in [2.24, 2.45) is 0 Å². The Balaban J connectivity index is 1.33. The van der Waals surface area contributed by atoms with E-state index in [0.717, 1.165) is 17.0 Å². The van der Waals surface area contributed by atoms with Crippen LogP contribution in [0.2, 0.25) is 0 Å². The summed E-state index contributed by atoms with van der Waals surface area (Å²) in [6.07, 6.45) is 0. The van der Waals surface area contributed by atoms with Gasteiger partial charge in [0.25, 0.3) is 5.91 Å². The van der Waals surface area contributed by atoms with Gasteiger partial charge in [0.15, 0.2) is 12.4 Å². The quantitative estimate of drug-likeness (QED) is 0.450. The molecule has 0 bridgehead atoms. The highest BCUT2D eigenvalue weighted by atomic mass is 32.2. The second-order valence-electron chi connectivity index (χ2n) is 8.91. The first-order valence-electron chi connectivity index (χ1n) is 12.2. The third-order valence-electron chi connectivity index (χ3n) is 6.35. The smallest absolute Gasteiger partial charge is 0.260 e. The molecule has 3 aromatic rings. The Morgan fingerprint density at radius 1 is 1.11 bits per heavy atom. The highest BCUT2D eigenvalue weighted by molar-refractivity contribution is 7.98. The number of morpholine rings is 1. The molecule has 1 atom stereocenters. The van der Waals surface area contributed by atoms with E-state index in [2.05, 4.69) is 22.4 Å². The van der Waals surface area contributed by atoms with Crippen LogP contribution >= 0.6 is 11.8 Å².